The zero-order valence-electron chi connectivity index (χ0n) is 12.8. The molecule has 1 saturated carbocycles. The minimum atomic E-state index is 0.570. The minimum absolute atomic E-state index is 0.570. The van der Waals surface area contributed by atoms with Crippen LogP contribution >= 0.6 is 0 Å². The average Bonchev–Trinajstić information content (AvgIpc) is 3.20. The van der Waals surface area contributed by atoms with E-state index in [9.17, 15) is 0 Å². The number of nitrogens with one attached hydrogen (secondary N) is 1. The van der Waals surface area contributed by atoms with Gasteiger partial charge in [-0.3, -0.25) is 0 Å². The highest BCUT2D eigenvalue weighted by atomic mass is 15.3. The molecule has 1 unspecified atom stereocenters. The fourth-order valence-corrected chi connectivity index (χ4v) is 2.55. The van der Waals surface area contributed by atoms with E-state index in [2.05, 4.69) is 39.6 Å². The Morgan fingerprint density at radius 1 is 1.29 bits per heavy atom. The normalized spacial score (nSPS) is 16.2. The standard InChI is InChI=1S/C15H22N6/c1-11-8-9-21(19-11)15-7-6-14(17-18-15)16-10-13(20(2)3)12-4-5-12/h6-9,12-13H,4-5,10H2,1-3H3,(H,16,17). The first kappa shape index (κ1) is 14.0. The molecule has 1 aliphatic rings. The summed E-state index contributed by atoms with van der Waals surface area (Å²) >= 11 is 0. The van der Waals surface area contributed by atoms with Crippen LogP contribution in [0.3, 0.4) is 0 Å². The van der Waals surface area contributed by atoms with E-state index >= 15 is 0 Å². The fraction of sp³-hybridized carbons (Fsp3) is 0.533. The predicted octanol–water partition coefficient (Wildman–Crippen LogP) is 1.72. The molecule has 2 aromatic heterocycles. The first-order chi connectivity index (χ1) is 10.1. The van der Waals surface area contributed by atoms with Crippen molar-refractivity contribution in [3.05, 3.63) is 30.1 Å². The van der Waals surface area contributed by atoms with Crippen LogP contribution in [-0.2, 0) is 0 Å². The number of nitrogens with zero attached hydrogens (tertiary/aromatic N) is 5. The van der Waals surface area contributed by atoms with Crippen molar-refractivity contribution < 1.29 is 0 Å². The summed E-state index contributed by atoms with van der Waals surface area (Å²) in [5, 5.41) is 16.2. The van der Waals surface area contributed by atoms with E-state index in [0.717, 1.165) is 29.8 Å². The molecule has 1 atom stereocenters. The van der Waals surface area contributed by atoms with Crippen LogP contribution in [0.4, 0.5) is 5.82 Å². The topological polar surface area (TPSA) is 58.9 Å². The van der Waals surface area contributed by atoms with Crippen LogP contribution in [0.5, 0.6) is 0 Å². The molecule has 21 heavy (non-hydrogen) atoms. The molecule has 0 aromatic carbocycles. The Morgan fingerprint density at radius 2 is 2.10 bits per heavy atom. The lowest BCUT2D eigenvalue weighted by atomic mass is 10.1. The molecule has 2 heterocycles. The Bertz CT molecular complexity index is 582. The Kier molecular flexibility index (Phi) is 3.88. The lowest BCUT2D eigenvalue weighted by molar-refractivity contribution is 0.276. The SMILES string of the molecule is Cc1ccn(-c2ccc(NCC(C3CC3)N(C)C)nn2)n1. The van der Waals surface area contributed by atoms with Gasteiger partial charge >= 0.3 is 0 Å². The highest BCUT2D eigenvalue weighted by Crippen LogP contribution is 2.34. The molecule has 0 aliphatic heterocycles. The molecule has 6 nitrogen and oxygen atoms in total. The third-order valence-corrected chi connectivity index (χ3v) is 3.93. The molecule has 3 rings (SSSR count). The maximum Gasteiger partial charge on any atom is 0.175 e. The summed E-state index contributed by atoms with van der Waals surface area (Å²) in [7, 11) is 4.28. The number of aromatic nitrogens is 4. The van der Waals surface area contributed by atoms with Gasteiger partial charge in [-0.05, 0) is 58.0 Å². The summed E-state index contributed by atoms with van der Waals surface area (Å²) < 4.78 is 1.74. The monoisotopic (exact) mass is 286 g/mol. The summed E-state index contributed by atoms with van der Waals surface area (Å²) in [4.78, 5) is 2.29. The Balaban J connectivity index is 1.61. The van der Waals surface area contributed by atoms with Gasteiger partial charge < -0.3 is 10.2 Å². The van der Waals surface area contributed by atoms with Gasteiger partial charge in [-0.1, -0.05) is 0 Å². The maximum absolute atomic E-state index is 4.33. The van der Waals surface area contributed by atoms with E-state index in [1.165, 1.54) is 12.8 Å². The van der Waals surface area contributed by atoms with Crippen LogP contribution in [-0.4, -0.2) is 51.6 Å². The van der Waals surface area contributed by atoms with Crippen molar-refractivity contribution in [2.75, 3.05) is 26.0 Å². The first-order valence-electron chi connectivity index (χ1n) is 7.40. The number of hydrogen-bond acceptors (Lipinski definition) is 5. The van der Waals surface area contributed by atoms with Crippen molar-refractivity contribution >= 4 is 5.82 Å². The lowest BCUT2D eigenvalue weighted by Crippen LogP contribution is -2.36. The zero-order chi connectivity index (χ0) is 14.8. The highest BCUT2D eigenvalue weighted by Gasteiger charge is 2.32. The van der Waals surface area contributed by atoms with Crippen molar-refractivity contribution in [3.8, 4) is 5.82 Å². The van der Waals surface area contributed by atoms with Crippen molar-refractivity contribution in [2.24, 2.45) is 5.92 Å². The third-order valence-electron chi connectivity index (χ3n) is 3.93. The number of anilines is 1. The first-order valence-corrected chi connectivity index (χ1v) is 7.40. The van der Waals surface area contributed by atoms with Gasteiger partial charge in [0.1, 0.15) is 5.82 Å². The van der Waals surface area contributed by atoms with Crippen molar-refractivity contribution in [2.45, 2.75) is 25.8 Å². The Labute approximate surface area is 125 Å². The predicted molar refractivity (Wildman–Crippen MR) is 82.6 cm³/mol. The van der Waals surface area contributed by atoms with Crippen molar-refractivity contribution in [1.82, 2.24) is 24.9 Å². The molecular weight excluding hydrogens is 264 g/mol. The lowest BCUT2D eigenvalue weighted by Gasteiger charge is -2.24. The summed E-state index contributed by atoms with van der Waals surface area (Å²) in [6.45, 7) is 2.87. The molecular formula is C15H22N6. The van der Waals surface area contributed by atoms with Crippen LogP contribution in [0.2, 0.25) is 0 Å². The third kappa shape index (κ3) is 3.39. The largest absolute Gasteiger partial charge is 0.367 e. The van der Waals surface area contributed by atoms with Gasteiger partial charge in [0.05, 0.1) is 5.69 Å². The molecule has 0 radical (unpaired) electrons. The van der Waals surface area contributed by atoms with Gasteiger partial charge in [-0.25, -0.2) is 4.68 Å². The van der Waals surface area contributed by atoms with E-state index in [0.29, 0.717) is 6.04 Å². The van der Waals surface area contributed by atoms with Crippen LogP contribution in [0.1, 0.15) is 18.5 Å². The smallest absolute Gasteiger partial charge is 0.175 e. The van der Waals surface area contributed by atoms with E-state index in [4.69, 9.17) is 0 Å². The molecule has 1 aliphatic carbocycles. The van der Waals surface area contributed by atoms with Gasteiger partial charge in [0.15, 0.2) is 5.82 Å². The van der Waals surface area contributed by atoms with Gasteiger partial charge in [-0.2, -0.15) is 5.10 Å². The van der Waals surface area contributed by atoms with E-state index in [1.807, 2.05) is 31.3 Å². The molecule has 2 aromatic rings. The summed E-state index contributed by atoms with van der Waals surface area (Å²) in [6, 6.07) is 6.41. The molecule has 0 saturated heterocycles. The molecule has 112 valence electrons. The molecule has 6 heteroatoms. The van der Waals surface area contributed by atoms with Crippen LogP contribution in [0, 0.1) is 12.8 Å². The molecule has 0 spiro atoms. The quantitative estimate of drug-likeness (QED) is 0.876. The van der Waals surface area contributed by atoms with Crippen molar-refractivity contribution in [1.29, 1.82) is 0 Å². The highest BCUT2D eigenvalue weighted by molar-refractivity contribution is 5.36. The number of aryl methyl sites for hydroxylation is 1. The molecule has 0 bridgehead atoms. The number of rotatable bonds is 6. The summed E-state index contributed by atoms with van der Waals surface area (Å²) in [6.07, 6.45) is 4.57. The minimum Gasteiger partial charge on any atom is -0.367 e. The maximum atomic E-state index is 4.33. The van der Waals surface area contributed by atoms with Crippen LogP contribution < -0.4 is 5.32 Å². The summed E-state index contributed by atoms with van der Waals surface area (Å²) in [5.41, 5.74) is 0.970. The van der Waals surface area contributed by atoms with E-state index < -0.39 is 0 Å². The van der Waals surface area contributed by atoms with Gasteiger partial charge in [-0.15, -0.1) is 10.2 Å². The second-order valence-electron chi connectivity index (χ2n) is 5.93. The van der Waals surface area contributed by atoms with Crippen molar-refractivity contribution in [3.63, 3.8) is 0 Å². The fourth-order valence-electron chi connectivity index (χ4n) is 2.55. The van der Waals surface area contributed by atoms with Crippen LogP contribution in [0.25, 0.3) is 5.82 Å². The van der Waals surface area contributed by atoms with E-state index in [-0.39, 0.29) is 0 Å². The number of hydrogen-bond donors (Lipinski definition) is 1. The Hall–Kier alpha value is -1.95. The average molecular weight is 286 g/mol. The zero-order valence-corrected chi connectivity index (χ0v) is 12.8. The number of likely N-dealkylation sites (N-methyl/N-ethyl adjacent to an activating group) is 1. The van der Waals surface area contributed by atoms with Gasteiger partial charge in [0, 0.05) is 18.8 Å². The van der Waals surface area contributed by atoms with Gasteiger partial charge in [0.25, 0.3) is 0 Å². The summed E-state index contributed by atoms with van der Waals surface area (Å²) in [5.74, 6) is 2.38. The van der Waals surface area contributed by atoms with Gasteiger partial charge in [0.2, 0.25) is 0 Å². The second-order valence-corrected chi connectivity index (χ2v) is 5.93. The van der Waals surface area contributed by atoms with Crippen LogP contribution in [0.15, 0.2) is 24.4 Å². The van der Waals surface area contributed by atoms with E-state index in [1.54, 1.807) is 4.68 Å². The second kappa shape index (κ2) is 5.81. The molecule has 0 amide bonds. The Morgan fingerprint density at radius 3 is 2.62 bits per heavy atom. The molecule has 1 N–H and O–H groups in total. The molecule has 1 fully saturated rings.